The van der Waals surface area contributed by atoms with E-state index in [4.69, 9.17) is 18.9 Å². The van der Waals surface area contributed by atoms with Crippen molar-refractivity contribution in [1.29, 1.82) is 0 Å². The third kappa shape index (κ3) is 5.83. The highest BCUT2D eigenvalue weighted by Gasteiger charge is 2.63. The minimum Gasteiger partial charge on any atom is -0.432 e. The SMILES string of the molecule is C=C1CC[C@@H]2[C@](I)(CCC3[C@](C)(C(=O)OC4OC(CO)C(O)C(O)C4OC4OC(CO)C(O)C(O)C4O)CCC[C@]32C)C1. The summed E-state index contributed by atoms with van der Waals surface area (Å²) in [5.74, 6) is -0.100. The van der Waals surface area contributed by atoms with E-state index in [1.165, 1.54) is 5.57 Å². The Morgan fingerprint density at radius 3 is 2.16 bits per heavy atom. The Bertz CT molecular complexity index is 1040. The zero-order valence-electron chi connectivity index (χ0n) is 24.8. The van der Waals surface area contributed by atoms with Gasteiger partial charge >= 0.3 is 5.97 Å². The molecule has 7 N–H and O–H groups in total. The van der Waals surface area contributed by atoms with Crippen molar-refractivity contribution in [3.8, 4) is 0 Å². The lowest BCUT2D eigenvalue weighted by Crippen LogP contribution is -2.65. The van der Waals surface area contributed by atoms with Crippen molar-refractivity contribution in [3.63, 3.8) is 0 Å². The van der Waals surface area contributed by atoms with Crippen LogP contribution in [0.3, 0.4) is 0 Å². The molecule has 0 aromatic rings. The van der Waals surface area contributed by atoms with Crippen LogP contribution in [0.2, 0.25) is 0 Å². The number of aliphatic hydroxyl groups is 7. The number of halogens is 1. The van der Waals surface area contributed by atoms with Crippen LogP contribution in [-0.4, -0.2) is 120 Å². The molecule has 13 heteroatoms. The summed E-state index contributed by atoms with van der Waals surface area (Å²) in [5.41, 5.74) is 0.297. The number of carbonyl (C=O) groups is 1. The highest BCUT2D eigenvalue weighted by molar-refractivity contribution is 14.1. The van der Waals surface area contributed by atoms with Crippen LogP contribution in [0, 0.1) is 22.7 Å². The fourth-order valence-electron chi connectivity index (χ4n) is 8.90. The van der Waals surface area contributed by atoms with Crippen LogP contribution in [0.5, 0.6) is 0 Å². The highest BCUT2D eigenvalue weighted by atomic mass is 127. The van der Waals surface area contributed by atoms with Gasteiger partial charge in [-0.25, -0.2) is 0 Å². The van der Waals surface area contributed by atoms with Crippen LogP contribution in [0.1, 0.15) is 65.2 Å². The minimum atomic E-state index is -1.80. The second kappa shape index (κ2) is 12.6. The molecular weight excluding hydrogens is 679 g/mol. The predicted octanol–water partition coefficient (Wildman–Crippen LogP) is 0.290. The molecule has 3 aliphatic carbocycles. The first kappa shape index (κ1) is 33.9. The van der Waals surface area contributed by atoms with Gasteiger partial charge in [0.15, 0.2) is 12.4 Å². The number of aliphatic hydroxyl groups excluding tert-OH is 7. The molecule has 2 aliphatic heterocycles. The topological polar surface area (TPSA) is 196 Å². The molecule has 2 saturated heterocycles. The number of hydrogen-bond donors (Lipinski definition) is 7. The summed E-state index contributed by atoms with van der Waals surface area (Å²) in [5, 5.41) is 71.9. The first-order valence-electron chi connectivity index (χ1n) is 15.3. The molecule has 0 aromatic carbocycles. The van der Waals surface area contributed by atoms with E-state index in [-0.39, 0.29) is 14.8 Å². The van der Waals surface area contributed by atoms with Crippen molar-refractivity contribution in [2.24, 2.45) is 22.7 Å². The van der Waals surface area contributed by atoms with Crippen LogP contribution in [-0.2, 0) is 23.7 Å². The molecule has 2 heterocycles. The molecular formula is C30H47IO12. The quantitative estimate of drug-likeness (QED) is 0.0858. The van der Waals surface area contributed by atoms with Gasteiger partial charge in [0.05, 0.1) is 18.6 Å². The smallest absolute Gasteiger partial charge is 0.314 e. The Morgan fingerprint density at radius 2 is 1.51 bits per heavy atom. The van der Waals surface area contributed by atoms with Crippen molar-refractivity contribution in [2.75, 3.05) is 13.2 Å². The standard InChI is InChI=1S/C30H47IO12/c1-14-5-6-18-28(2)8-4-9-29(3,17(28)7-10-30(18,31)11-14)27(39)43-26-24(22(37)20(35)16(13-33)41-26)42-25-23(38)21(36)19(34)15(12-32)40-25/h15-26,32-38H,1,4-13H2,2-3H3/t15?,16?,17?,18-,19?,20?,21?,22?,23?,24?,25?,26?,28+,29+,30-/m0/s1. The molecule has 5 fully saturated rings. The molecule has 0 radical (unpaired) electrons. The Labute approximate surface area is 265 Å². The predicted molar refractivity (Wildman–Crippen MR) is 159 cm³/mol. The molecule has 0 bridgehead atoms. The summed E-state index contributed by atoms with van der Waals surface area (Å²) >= 11 is 2.63. The largest absolute Gasteiger partial charge is 0.432 e. The van der Waals surface area contributed by atoms with E-state index in [2.05, 4.69) is 36.1 Å². The van der Waals surface area contributed by atoms with Crippen LogP contribution >= 0.6 is 22.6 Å². The van der Waals surface area contributed by atoms with Gasteiger partial charge in [-0.05, 0) is 69.1 Å². The number of alkyl halides is 1. The molecule has 0 aromatic heterocycles. The van der Waals surface area contributed by atoms with Crippen LogP contribution in [0.25, 0.3) is 0 Å². The molecule has 43 heavy (non-hydrogen) atoms. The Kier molecular flexibility index (Phi) is 9.95. The summed E-state index contributed by atoms with van der Waals surface area (Å²) in [6.07, 6.45) is -8.80. The van der Waals surface area contributed by atoms with E-state index < -0.39 is 86.0 Å². The number of rotatable bonds is 6. The highest BCUT2D eigenvalue weighted by Crippen LogP contribution is 2.67. The normalized spacial score (nSPS) is 52.2. The molecule has 5 aliphatic rings. The Hall–Kier alpha value is -0.460. The number of hydrogen-bond acceptors (Lipinski definition) is 12. The minimum absolute atomic E-state index is 0.0260. The maximum absolute atomic E-state index is 14.2. The monoisotopic (exact) mass is 726 g/mol. The average Bonchev–Trinajstić information content (AvgIpc) is 2.95. The number of fused-ring (bicyclic) bond motifs is 3. The van der Waals surface area contributed by atoms with Crippen molar-refractivity contribution < 1.29 is 59.5 Å². The zero-order chi connectivity index (χ0) is 31.5. The van der Waals surface area contributed by atoms with Gasteiger partial charge in [0, 0.05) is 3.42 Å². The van der Waals surface area contributed by atoms with Crippen molar-refractivity contribution in [1.82, 2.24) is 0 Å². The van der Waals surface area contributed by atoms with E-state index in [1.54, 1.807) is 0 Å². The number of allylic oxidation sites excluding steroid dienone is 1. The second-order valence-electron chi connectivity index (χ2n) is 13.8. The van der Waals surface area contributed by atoms with Gasteiger partial charge in [0.2, 0.25) is 6.29 Å². The summed E-state index contributed by atoms with van der Waals surface area (Å²) in [4.78, 5) is 14.2. The van der Waals surface area contributed by atoms with Gasteiger partial charge in [0.25, 0.3) is 0 Å². The lowest BCUT2D eigenvalue weighted by atomic mass is 9.44. The lowest BCUT2D eigenvalue weighted by Gasteiger charge is -2.63. The Balaban J connectivity index is 1.39. The fraction of sp³-hybridized carbons (Fsp3) is 0.900. The molecule has 5 rings (SSSR count). The van der Waals surface area contributed by atoms with E-state index >= 15 is 0 Å². The zero-order valence-corrected chi connectivity index (χ0v) is 26.9. The summed E-state index contributed by atoms with van der Waals surface area (Å²) in [6, 6.07) is 0. The third-order valence-corrected chi connectivity index (χ3v) is 12.9. The van der Waals surface area contributed by atoms with Crippen molar-refractivity contribution in [2.45, 2.75) is 130 Å². The summed E-state index contributed by atoms with van der Waals surface area (Å²) in [7, 11) is 0. The van der Waals surface area contributed by atoms with Gasteiger partial charge in [-0.1, -0.05) is 48.1 Å². The summed E-state index contributed by atoms with van der Waals surface area (Å²) < 4.78 is 23.0. The van der Waals surface area contributed by atoms with E-state index in [1.807, 2.05) is 6.92 Å². The molecule has 11 unspecified atom stereocenters. The van der Waals surface area contributed by atoms with E-state index in [9.17, 15) is 40.5 Å². The van der Waals surface area contributed by atoms with Crippen LogP contribution in [0.4, 0.5) is 0 Å². The van der Waals surface area contributed by atoms with Gasteiger partial charge in [-0.2, -0.15) is 0 Å². The lowest BCUT2D eigenvalue weighted by molar-refractivity contribution is -0.363. The van der Waals surface area contributed by atoms with Crippen molar-refractivity contribution >= 4 is 28.6 Å². The maximum atomic E-state index is 14.2. The van der Waals surface area contributed by atoms with Gasteiger partial charge in [0.1, 0.15) is 42.7 Å². The molecule has 3 saturated carbocycles. The van der Waals surface area contributed by atoms with E-state index in [0.29, 0.717) is 12.3 Å². The first-order valence-corrected chi connectivity index (χ1v) is 16.4. The van der Waals surface area contributed by atoms with Gasteiger partial charge in [-0.3, -0.25) is 4.79 Å². The number of esters is 1. The first-order chi connectivity index (χ1) is 20.2. The average molecular weight is 727 g/mol. The van der Waals surface area contributed by atoms with Crippen molar-refractivity contribution in [3.05, 3.63) is 12.2 Å². The fourth-order valence-corrected chi connectivity index (χ4v) is 10.8. The summed E-state index contributed by atoms with van der Waals surface area (Å²) in [6.45, 7) is 7.12. The second-order valence-corrected chi connectivity index (χ2v) is 16.0. The maximum Gasteiger partial charge on any atom is 0.314 e. The van der Waals surface area contributed by atoms with Crippen LogP contribution < -0.4 is 0 Å². The van der Waals surface area contributed by atoms with E-state index in [0.717, 1.165) is 44.9 Å². The number of carbonyl (C=O) groups excluding carboxylic acids is 1. The molecule has 246 valence electrons. The third-order valence-electron chi connectivity index (χ3n) is 11.2. The van der Waals surface area contributed by atoms with Crippen LogP contribution in [0.15, 0.2) is 12.2 Å². The van der Waals surface area contributed by atoms with Gasteiger partial charge in [-0.15, -0.1) is 0 Å². The molecule has 12 nitrogen and oxygen atoms in total. The Morgan fingerprint density at radius 1 is 0.884 bits per heavy atom. The molecule has 15 atom stereocenters. The molecule has 0 amide bonds. The number of ether oxygens (including phenoxy) is 4. The van der Waals surface area contributed by atoms with Gasteiger partial charge < -0.3 is 54.7 Å². The molecule has 0 spiro atoms.